The number of allylic oxidation sites excluding steroid dienone is 2. The summed E-state index contributed by atoms with van der Waals surface area (Å²) in [5, 5.41) is 0. The first-order valence-corrected chi connectivity index (χ1v) is 5.98. The zero-order chi connectivity index (χ0) is 11.2. The molecule has 0 aromatic heterocycles. The van der Waals surface area contributed by atoms with Gasteiger partial charge in [-0.25, -0.2) is 0 Å². The summed E-state index contributed by atoms with van der Waals surface area (Å²) >= 11 is 0. The maximum atomic E-state index is 2.37. The van der Waals surface area contributed by atoms with E-state index in [2.05, 4.69) is 53.7 Å². The molecule has 0 spiro atoms. The molecule has 0 aliphatic carbocycles. The van der Waals surface area contributed by atoms with Gasteiger partial charge in [-0.2, -0.15) is 0 Å². The van der Waals surface area contributed by atoms with E-state index in [0.717, 1.165) is 5.92 Å². The molecule has 0 aliphatic heterocycles. The minimum atomic E-state index is 0.487. The molecule has 0 aliphatic rings. The highest BCUT2D eigenvalue weighted by molar-refractivity contribution is 4.84. The van der Waals surface area contributed by atoms with Crippen molar-refractivity contribution in [2.24, 2.45) is 17.3 Å². The van der Waals surface area contributed by atoms with Crippen LogP contribution in [-0.4, -0.2) is 0 Å². The molecule has 1 atom stereocenters. The van der Waals surface area contributed by atoms with Gasteiger partial charge in [0, 0.05) is 0 Å². The minimum Gasteiger partial charge on any atom is -0.0883 e. The zero-order valence-corrected chi connectivity index (χ0v) is 10.9. The van der Waals surface area contributed by atoms with Crippen LogP contribution in [0.25, 0.3) is 0 Å². The van der Waals surface area contributed by atoms with E-state index in [1.54, 1.807) is 0 Å². The quantitative estimate of drug-likeness (QED) is 0.540. The minimum absolute atomic E-state index is 0.487. The summed E-state index contributed by atoms with van der Waals surface area (Å²) in [4.78, 5) is 0. The van der Waals surface area contributed by atoms with Gasteiger partial charge >= 0.3 is 0 Å². The fourth-order valence-electron chi connectivity index (χ4n) is 1.90. The molecule has 0 heteroatoms. The summed E-state index contributed by atoms with van der Waals surface area (Å²) in [5.74, 6) is 1.56. The van der Waals surface area contributed by atoms with E-state index >= 15 is 0 Å². The Morgan fingerprint density at radius 2 is 1.64 bits per heavy atom. The van der Waals surface area contributed by atoms with Crippen LogP contribution in [0, 0.1) is 17.3 Å². The number of rotatable bonds is 5. The molecule has 0 nitrogen and oxygen atoms in total. The Labute approximate surface area is 90.8 Å². The summed E-state index contributed by atoms with van der Waals surface area (Å²) in [7, 11) is 0. The van der Waals surface area contributed by atoms with Gasteiger partial charge in [0.2, 0.25) is 0 Å². The maximum absolute atomic E-state index is 2.37. The summed E-state index contributed by atoms with van der Waals surface area (Å²) < 4.78 is 0. The monoisotopic (exact) mass is 196 g/mol. The molecule has 0 saturated carbocycles. The number of hydrogen-bond acceptors (Lipinski definition) is 0. The molecule has 0 amide bonds. The van der Waals surface area contributed by atoms with Crippen molar-refractivity contribution in [3.05, 3.63) is 12.2 Å². The second-order valence-corrected chi connectivity index (χ2v) is 6.12. The molecule has 0 bridgehead atoms. The smallest absolute Gasteiger partial charge is 0.0290 e. The lowest BCUT2D eigenvalue weighted by molar-refractivity contribution is 0.298. The van der Waals surface area contributed by atoms with Crippen molar-refractivity contribution in [3.63, 3.8) is 0 Å². The molecule has 0 heterocycles. The van der Waals surface area contributed by atoms with Crippen LogP contribution in [0.3, 0.4) is 0 Å². The van der Waals surface area contributed by atoms with Gasteiger partial charge in [-0.05, 0) is 36.5 Å². The van der Waals surface area contributed by atoms with Crippen LogP contribution < -0.4 is 0 Å². The molecule has 0 aromatic rings. The summed E-state index contributed by atoms with van der Waals surface area (Å²) in [6.45, 7) is 13.8. The van der Waals surface area contributed by atoms with Gasteiger partial charge in [0.25, 0.3) is 0 Å². The van der Waals surface area contributed by atoms with Crippen molar-refractivity contribution in [2.75, 3.05) is 0 Å². The fourth-order valence-corrected chi connectivity index (χ4v) is 1.90. The van der Waals surface area contributed by atoms with Crippen LogP contribution in [0.5, 0.6) is 0 Å². The first kappa shape index (κ1) is 13.7. The summed E-state index contributed by atoms with van der Waals surface area (Å²) in [6, 6.07) is 0. The fraction of sp³-hybridized carbons (Fsp3) is 0.857. The second kappa shape index (κ2) is 6.27. The van der Waals surface area contributed by atoms with E-state index in [0.29, 0.717) is 11.3 Å². The van der Waals surface area contributed by atoms with Crippen molar-refractivity contribution in [1.29, 1.82) is 0 Å². The molecule has 0 saturated heterocycles. The van der Waals surface area contributed by atoms with Crippen molar-refractivity contribution in [3.8, 4) is 0 Å². The van der Waals surface area contributed by atoms with Crippen LogP contribution >= 0.6 is 0 Å². The van der Waals surface area contributed by atoms with E-state index < -0.39 is 0 Å². The van der Waals surface area contributed by atoms with Crippen molar-refractivity contribution in [1.82, 2.24) is 0 Å². The predicted octanol–water partition coefficient (Wildman–Crippen LogP) is 5.05. The van der Waals surface area contributed by atoms with Gasteiger partial charge in [-0.15, -0.1) is 0 Å². The Balaban J connectivity index is 3.60. The van der Waals surface area contributed by atoms with E-state index in [1.165, 1.54) is 19.3 Å². The third kappa shape index (κ3) is 9.83. The molecule has 1 unspecified atom stereocenters. The van der Waals surface area contributed by atoms with E-state index in [4.69, 9.17) is 0 Å². The third-order valence-electron chi connectivity index (χ3n) is 2.31. The van der Waals surface area contributed by atoms with Crippen LogP contribution in [0.2, 0.25) is 0 Å². The molecule has 0 aromatic carbocycles. The molecule has 0 fully saturated rings. The van der Waals surface area contributed by atoms with Gasteiger partial charge in [0.05, 0.1) is 0 Å². The molecule has 0 rings (SSSR count). The second-order valence-electron chi connectivity index (χ2n) is 6.12. The van der Waals surface area contributed by atoms with Gasteiger partial charge in [0.15, 0.2) is 0 Å². The molecule has 14 heavy (non-hydrogen) atoms. The molecule has 0 N–H and O–H groups in total. The maximum Gasteiger partial charge on any atom is -0.0290 e. The molecular formula is C14H28. The van der Waals surface area contributed by atoms with E-state index in [1.807, 2.05) is 0 Å². The lowest BCUT2D eigenvalue weighted by Crippen LogP contribution is -2.10. The standard InChI is InChI=1S/C14H28/c1-12(2)9-7-8-10-13(3)11-14(4,5)6/h7,9,12-13H,8,10-11H2,1-6H3. The highest BCUT2D eigenvalue weighted by Crippen LogP contribution is 2.26. The van der Waals surface area contributed by atoms with Gasteiger partial charge < -0.3 is 0 Å². The zero-order valence-electron chi connectivity index (χ0n) is 10.9. The van der Waals surface area contributed by atoms with Gasteiger partial charge in [-0.3, -0.25) is 0 Å². The lowest BCUT2D eigenvalue weighted by atomic mass is 9.83. The topological polar surface area (TPSA) is 0 Å². The molecule has 0 radical (unpaired) electrons. The SMILES string of the molecule is CC(C)C=CCCC(C)CC(C)(C)C. The summed E-state index contributed by atoms with van der Waals surface area (Å²) in [5.41, 5.74) is 0.487. The van der Waals surface area contributed by atoms with Crippen molar-refractivity contribution < 1.29 is 0 Å². The van der Waals surface area contributed by atoms with Crippen molar-refractivity contribution >= 4 is 0 Å². The normalized spacial score (nSPS) is 15.4. The van der Waals surface area contributed by atoms with E-state index in [9.17, 15) is 0 Å². The summed E-state index contributed by atoms with van der Waals surface area (Å²) in [6.07, 6.45) is 8.56. The Morgan fingerprint density at radius 1 is 1.07 bits per heavy atom. The first-order valence-electron chi connectivity index (χ1n) is 5.98. The average Bonchev–Trinajstić information content (AvgIpc) is 1.94. The van der Waals surface area contributed by atoms with Crippen LogP contribution in [-0.2, 0) is 0 Å². The Bertz CT molecular complexity index is 157. The largest absolute Gasteiger partial charge is 0.0883 e. The van der Waals surface area contributed by atoms with Crippen LogP contribution in [0.1, 0.15) is 60.8 Å². The van der Waals surface area contributed by atoms with Gasteiger partial charge in [0.1, 0.15) is 0 Å². The third-order valence-corrected chi connectivity index (χ3v) is 2.31. The van der Waals surface area contributed by atoms with E-state index in [-0.39, 0.29) is 0 Å². The first-order chi connectivity index (χ1) is 6.31. The molecular weight excluding hydrogens is 168 g/mol. The highest BCUT2D eigenvalue weighted by atomic mass is 14.2. The highest BCUT2D eigenvalue weighted by Gasteiger charge is 2.14. The van der Waals surface area contributed by atoms with Crippen LogP contribution in [0.15, 0.2) is 12.2 Å². The Morgan fingerprint density at radius 3 is 2.07 bits per heavy atom. The Kier molecular flexibility index (Phi) is 6.15. The number of hydrogen-bond donors (Lipinski definition) is 0. The average molecular weight is 196 g/mol. The van der Waals surface area contributed by atoms with Crippen molar-refractivity contribution in [2.45, 2.75) is 60.8 Å². The van der Waals surface area contributed by atoms with Gasteiger partial charge in [-0.1, -0.05) is 53.7 Å². The van der Waals surface area contributed by atoms with Crippen LogP contribution in [0.4, 0.5) is 0 Å². The Hall–Kier alpha value is -0.260. The predicted molar refractivity (Wildman–Crippen MR) is 66.4 cm³/mol. The molecule has 84 valence electrons. The lowest BCUT2D eigenvalue weighted by Gasteiger charge is -2.22.